The fraction of sp³-hybridized carbons (Fsp3) is 0.400. The van der Waals surface area contributed by atoms with Crippen molar-refractivity contribution in [2.24, 2.45) is 0 Å². The van der Waals surface area contributed by atoms with Gasteiger partial charge in [0.15, 0.2) is 0 Å². The monoisotopic (exact) mass is 394 g/mol. The van der Waals surface area contributed by atoms with E-state index in [1.165, 1.54) is 23.9 Å². The van der Waals surface area contributed by atoms with E-state index in [0.717, 1.165) is 42.5 Å². The smallest absolute Gasteiger partial charge is 0.335 e. The Labute approximate surface area is 161 Å². The third-order valence-corrected chi connectivity index (χ3v) is 5.65. The lowest BCUT2D eigenvalue weighted by Crippen LogP contribution is -2.39. The predicted octanol–water partition coefficient (Wildman–Crippen LogP) is 5.09. The van der Waals surface area contributed by atoms with Crippen LogP contribution in [0.4, 0.5) is 13.2 Å². The van der Waals surface area contributed by atoms with Crippen LogP contribution in [-0.2, 0) is 16.7 Å². The van der Waals surface area contributed by atoms with Crippen molar-refractivity contribution in [1.29, 1.82) is 0 Å². The number of benzene rings is 1. The summed E-state index contributed by atoms with van der Waals surface area (Å²) in [4.78, 5) is 18.6. The minimum Gasteiger partial charge on any atom is -0.335 e. The molecule has 2 aromatic rings. The number of carbonyl (C=O) groups excluding carboxylic acids is 1. The number of aromatic nitrogens is 1. The first-order valence-corrected chi connectivity index (χ1v) is 10.0. The molecule has 0 saturated carbocycles. The van der Waals surface area contributed by atoms with E-state index >= 15 is 0 Å². The van der Waals surface area contributed by atoms with E-state index < -0.39 is 11.7 Å². The van der Waals surface area contributed by atoms with E-state index in [0.29, 0.717) is 18.1 Å². The molecule has 0 unspecified atom stereocenters. The van der Waals surface area contributed by atoms with Crippen molar-refractivity contribution in [3.8, 4) is 0 Å². The topological polar surface area (TPSA) is 33.2 Å². The van der Waals surface area contributed by atoms with Gasteiger partial charge in [-0.1, -0.05) is 18.2 Å². The van der Waals surface area contributed by atoms with Gasteiger partial charge in [-0.15, -0.1) is 11.8 Å². The highest BCUT2D eigenvalue weighted by Gasteiger charge is 2.32. The van der Waals surface area contributed by atoms with Crippen LogP contribution in [0, 0.1) is 0 Å². The Balaban J connectivity index is 1.63. The number of rotatable bonds is 5. The quantitative estimate of drug-likeness (QED) is 0.708. The molecule has 2 heterocycles. The van der Waals surface area contributed by atoms with Crippen LogP contribution < -0.4 is 0 Å². The molecular weight excluding hydrogens is 373 g/mol. The molecule has 3 rings (SSSR count). The number of halogens is 3. The zero-order chi connectivity index (χ0) is 19.3. The van der Waals surface area contributed by atoms with Gasteiger partial charge in [-0.3, -0.25) is 9.78 Å². The Morgan fingerprint density at radius 2 is 1.96 bits per heavy atom. The minimum absolute atomic E-state index is 0.0356. The highest BCUT2D eigenvalue weighted by molar-refractivity contribution is 7.99. The first-order chi connectivity index (χ1) is 12.9. The molecule has 0 radical (unpaired) electrons. The van der Waals surface area contributed by atoms with E-state index in [2.05, 4.69) is 4.98 Å². The number of hydrogen-bond acceptors (Lipinski definition) is 3. The second-order valence-electron chi connectivity index (χ2n) is 6.57. The standard InChI is InChI=1S/C20H21F3N2OS/c21-20(22,23)17-8-6-16(7-9-17)18-5-1-2-11-25(18)19(26)14-27-13-15-4-3-10-24-12-15/h3-4,6-10,12,18H,1-2,5,11,13-14H2/t18-/m1/s1. The summed E-state index contributed by atoms with van der Waals surface area (Å²) in [6, 6.07) is 8.89. The molecule has 1 fully saturated rings. The van der Waals surface area contributed by atoms with Crippen LogP contribution in [0.1, 0.15) is 42.0 Å². The van der Waals surface area contributed by atoms with Crippen LogP contribution in [0.25, 0.3) is 0 Å². The van der Waals surface area contributed by atoms with Gasteiger partial charge in [0, 0.05) is 24.7 Å². The first kappa shape index (κ1) is 19.7. The van der Waals surface area contributed by atoms with E-state index in [-0.39, 0.29) is 11.9 Å². The number of piperidine rings is 1. The number of thioether (sulfide) groups is 1. The molecule has 1 aliphatic rings. The van der Waals surface area contributed by atoms with Gasteiger partial charge >= 0.3 is 6.18 Å². The van der Waals surface area contributed by atoms with E-state index in [9.17, 15) is 18.0 Å². The summed E-state index contributed by atoms with van der Waals surface area (Å²) in [5.41, 5.74) is 1.17. The van der Waals surface area contributed by atoms with Gasteiger partial charge in [-0.05, 0) is 48.6 Å². The summed E-state index contributed by atoms with van der Waals surface area (Å²) in [7, 11) is 0. The van der Waals surface area contributed by atoms with Crippen molar-refractivity contribution in [3.63, 3.8) is 0 Å². The molecule has 3 nitrogen and oxygen atoms in total. The molecule has 27 heavy (non-hydrogen) atoms. The normalized spacial score (nSPS) is 17.7. The predicted molar refractivity (Wildman–Crippen MR) is 100 cm³/mol. The molecule has 1 saturated heterocycles. The Bertz CT molecular complexity index is 750. The van der Waals surface area contributed by atoms with Crippen LogP contribution in [0.2, 0.25) is 0 Å². The van der Waals surface area contributed by atoms with Gasteiger partial charge < -0.3 is 4.90 Å². The van der Waals surface area contributed by atoms with Gasteiger partial charge in [-0.25, -0.2) is 0 Å². The van der Waals surface area contributed by atoms with Crippen LogP contribution in [0.5, 0.6) is 0 Å². The van der Waals surface area contributed by atoms with Crippen molar-refractivity contribution >= 4 is 17.7 Å². The van der Waals surface area contributed by atoms with Gasteiger partial charge in [0.1, 0.15) is 0 Å². The molecule has 0 spiro atoms. The molecule has 1 aromatic heterocycles. The van der Waals surface area contributed by atoms with Crippen LogP contribution >= 0.6 is 11.8 Å². The van der Waals surface area contributed by atoms with E-state index in [4.69, 9.17) is 0 Å². The van der Waals surface area contributed by atoms with Gasteiger partial charge in [0.25, 0.3) is 0 Å². The average molecular weight is 394 g/mol. The number of carbonyl (C=O) groups is 1. The molecular formula is C20H21F3N2OS. The molecule has 7 heteroatoms. The summed E-state index contributed by atoms with van der Waals surface area (Å²) in [5.74, 6) is 1.10. The van der Waals surface area contributed by atoms with Gasteiger partial charge in [-0.2, -0.15) is 13.2 Å². The largest absolute Gasteiger partial charge is 0.416 e. The molecule has 0 N–H and O–H groups in total. The highest BCUT2D eigenvalue weighted by Crippen LogP contribution is 2.34. The molecule has 144 valence electrons. The number of amides is 1. The Hall–Kier alpha value is -2.02. The third-order valence-electron chi connectivity index (χ3n) is 4.66. The Kier molecular flexibility index (Phi) is 6.42. The number of hydrogen-bond donors (Lipinski definition) is 0. The maximum atomic E-state index is 12.8. The molecule has 0 bridgehead atoms. The van der Waals surface area contributed by atoms with Gasteiger partial charge in [0.2, 0.25) is 5.91 Å². The van der Waals surface area contributed by atoms with E-state index in [1.807, 2.05) is 17.0 Å². The van der Waals surface area contributed by atoms with E-state index in [1.54, 1.807) is 12.4 Å². The first-order valence-electron chi connectivity index (χ1n) is 8.88. The average Bonchev–Trinajstić information content (AvgIpc) is 2.68. The summed E-state index contributed by atoms with van der Waals surface area (Å²) < 4.78 is 38.3. The van der Waals surface area contributed by atoms with Crippen molar-refractivity contribution in [2.75, 3.05) is 12.3 Å². The zero-order valence-corrected chi connectivity index (χ0v) is 15.6. The van der Waals surface area contributed by atoms with Crippen LogP contribution in [-0.4, -0.2) is 28.1 Å². The second kappa shape index (κ2) is 8.78. The summed E-state index contributed by atoms with van der Waals surface area (Å²) in [6.45, 7) is 0.651. The number of pyridine rings is 1. The number of likely N-dealkylation sites (tertiary alicyclic amines) is 1. The third kappa shape index (κ3) is 5.25. The lowest BCUT2D eigenvalue weighted by molar-refractivity contribution is -0.137. The lowest BCUT2D eigenvalue weighted by Gasteiger charge is -2.36. The van der Waals surface area contributed by atoms with Crippen molar-refractivity contribution < 1.29 is 18.0 Å². The Morgan fingerprint density at radius 1 is 1.19 bits per heavy atom. The maximum absolute atomic E-state index is 12.8. The molecule has 1 aromatic carbocycles. The maximum Gasteiger partial charge on any atom is 0.416 e. The minimum atomic E-state index is -4.34. The highest BCUT2D eigenvalue weighted by atomic mass is 32.2. The second-order valence-corrected chi connectivity index (χ2v) is 7.56. The van der Waals surface area contributed by atoms with Crippen LogP contribution in [0.3, 0.4) is 0 Å². The summed E-state index contributed by atoms with van der Waals surface area (Å²) >= 11 is 1.53. The zero-order valence-electron chi connectivity index (χ0n) is 14.8. The summed E-state index contributed by atoms with van der Waals surface area (Å²) in [5, 5.41) is 0. The number of nitrogens with zero attached hydrogens (tertiary/aromatic N) is 2. The molecule has 1 aliphatic heterocycles. The number of alkyl halides is 3. The lowest BCUT2D eigenvalue weighted by atomic mass is 9.94. The van der Waals surface area contributed by atoms with Crippen molar-refractivity contribution in [2.45, 2.75) is 37.2 Å². The Morgan fingerprint density at radius 3 is 2.63 bits per heavy atom. The van der Waals surface area contributed by atoms with Gasteiger partial charge in [0.05, 0.1) is 17.4 Å². The van der Waals surface area contributed by atoms with Crippen molar-refractivity contribution in [1.82, 2.24) is 9.88 Å². The molecule has 1 atom stereocenters. The SMILES string of the molecule is O=C(CSCc1cccnc1)N1CCCC[C@@H]1c1ccc(C(F)(F)F)cc1. The molecule has 1 amide bonds. The molecule has 0 aliphatic carbocycles. The fourth-order valence-corrected chi connectivity index (χ4v) is 4.14. The summed E-state index contributed by atoms with van der Waals surface area (Å²) in [6.07, 6.45) is 1.83. The fourth-order valence-electron chi connectivity index (χ4n) is 3.29. The van der Waals surface area contributed by atoms with Crippen molar-refractivity contribution in [3.05, 3.63) is 65.5 Å². The van der Waals surface area contributed by atoms with Crippen LogP contribution in [0.15, 0.2) is 48.8 Å².